The fourth-order valence-electron chi connectivity index (χ4n) is 1.82. The van der Waals surface area contributed by atoms with Crippen molar-refractivity contribution in [2.75, 3.05) is 13.6 Å². The van der Waals surface area contributed by atoms with Gasteiger partial charge in [-0.2, -0.15) is 0 Å². The number of hydrogen-bond acceptors (Lipinski definition) is 4. The lowest BCUT2D eigenvalue weighted by Crippen LogP contribution is -2.39. The van der Waals surface area contributed by atoms with Gasteiger partial charge in [-0.15, -0.1) is 24.0 Å². The monoisotopic (exact) mass is 416 g/mol. The van der Waals surface area contributed by atoms with Crippen LogP contribution in [0.3, 0.4) is 0 Å². The van der Waals surface area contributed by atoms with Crippen molar-refractivity contribution in [3.63, 3.8) is 0 Å². The predicted octanol–water partition coefficient (Wildman–Crippen LogP) is 2.00. The van der Waals surface area contributed by atoms with Crippen LogP contribution in [0.1, 0.15) is 23.3 Å². The molecule has 1 unspecified atom stereocenters. The Morgan fingerprint density at radius 2 is 2.14 bits per heavy atom. The zero-order chi connectivity index (χ0) is 15.1. The van der Waals surface area contributed by atoms with Gasteiger partial charge in [0.15, 0.2) is 5.96 Å². The van der Waals surface area contributed by atoms with Crippen molar-refractivity contribution in [2.24, 2.45) is 4.99 Å². The summed E-state index contributed by atoms with van der Waals surface area (Å²) < 4.78 is 5.38. The number of aliphatic hydroxyl groups is 1. The molecule has 0 saturated heterocycles. The lowest BCUT2D eigenvalue weighted by atomic mass is 10.3. The summed E-state index contributed by atoms with van der Waals surface area (Å²) in [6.07, 6.45) is 1.03. The van der Waals surface area contributed by atoms with Gasteiger partial charge in [-0.3, -0.25) is 9.98 Å². The Morgan fingerprint density at radius 1 is 1.32 bits per heavy atom. The molecule has 22 heavy (non-hydrogen) atoms. The van der Waals surface area contributed by atoms with E-state index in [1.165, 1.54) is 0 Å². The van der Waals surface area contributed by atoms with Gasteiger partial charge in [-0.05, 0) is 31.2 Å². The van der Waals surface area contributed by atoms with Gasteiger partial charge in [0.05, 0.1) is 18.8 Å². The summed E-state index contributed by atoms with van der Waals surface area (Å²) in [5, 5.41) is 16.2. The summed E-state index contributed by atoms with van der Waals surface area (Å²) in [5.74, 6) is 1.92. The molecular weight excluding hydrogens is 395 g/mol. The number of rotatable bonds is 5. The van der Waals surface area contributed by atoms with Crippen LogP contribution in [0.5, 0.6) is 0 Å². The molecule has 7 heteroatoms. The van der Waals surface area contributed by atoms with Crippen LogP contribution in [0, 0.1) is 6.92 Å². The molecule has 2 rings (SSSR count). The molecule has 6 nitrogen and oxygen atoms in total. The molecule has 1 atom stereocenters. The van der Waals surface area contributed by atoms with E-state index in [0.29, 0.717) is 24.8 Å². The molecule has 0 aliphatic heterocycles. The SMILES string of the molecule is CN=C(NCc1ccccn1)NCC(O)c1ccc(C)o1.I. The number of aromatic nitrogens is 1. The lowest BCUT2D eigenvalue weighted by molar-refractivity contribution is 0.151. The first-order valence-corrected chi connectivity index (χ1v) is 6.78. The van der Waals surface area contributed by atoms with Crippen LogP contribution in [0.4, 0.5) is 0 Å². The van der Waals surface area contributed by atoms with E-state index < -0.39 is 6.10 Å². The van der Waals surface area contributed by atoms with Crippen molar-refractivity contribution < 1.29 is 9.52 Å². The average Bonchev–Trinajstić information content (AvgIpc) is 2.95. The Bertz CT molecular complexity index is 586. The van der Waals surface area contributed by atoms with Gasteiger partial charge in [0.2, 0.25) is 0 Å². The van der Waals surface area contributed by atoms with E-state index in [2.05, 4.69) is 20.6 Å². The zero-order valence-corrected chi connectivity index (χ0v) is 14.9. The van der Waals surface area contributed by atoms with Crippen molar-refractivity contribution in [2.45, 2.75) is 19.6 Å². The number of pyridine rings is 1. The molecular formula is C15H21IN4O2. The Balaban J connectivity index is 0.00000242. The number of aryl methyl sites for hydroxylation is 1. The molecule has 0 saturated carbocycles. The highest BCUT2D eigenvalue weighted by Gasteiger charge is 2.12. The van der Waals surface area contributed by atoms with E-state index >= 15 is 0 Å². The van der Waals surface area contributed by atoms with Crippen LogP contribution in [-0.2, 0) is 6.54 Å². The maximum atomic E-state index is 10.0. The summed E-state index contributed by atoms with van der Waals surface area (Å²) in [5.41, 5.74) is 0.919. The zero-order valence-electron chi connectivity index (χ0n) is 12.6. The molecule has 0 radical (unpaired) electrons. The molecule has 0 aliphatic carbocycles. The summed E-state index contributed by atoms with van der Waals surface area (Å²) in [7, 11) is 1.68. The van der Waals surface area contributed by atoms with Crippen LogP contribution in [-0.4, -0.2) is 29.6 Å². The Morgan fingerprint density at radius 3 is 2.73 bits per heavy atom. The van der Waals surface area contributed by atoms with Crippen molar-refractivity contribution >= 4 is 29.9 Å². The van der Waals surface area contributed by atoms with Gasteiger partial charge in [0, 0.05) is 13.2 Å². The van der Waals surface area contributed by atoms with Crippen molar-refractivity contribution in [1.29, 1.82) is 0 Å². The van der Waals surface area contributed by atoms with E-state index in [-0.39, 0.29) is 24.0 Å². The molecule has 2 aromatic rings. The van der Waals surface area contributed by atoms with Crippen LogP contribution in [0.15, 0.2) is 45.9 Å². The number of nitrogens with zero attached hydrogens (tertiary/aromatic N) is 2. The van der Waals surface area contributed by atoms with Crippen molar-refractivity contribution in [3.05, 3.63) is 53.7 Å². The minimum Gasteiger partial charge on any atom is -0.464 e. The fraction of sp³-hybridized carbons (Fsp3) is 0.333. The van der Waals surface area contributed by atoms with Gasteiger partial charge in [0.25, 0.3) is 0 Å². The number of furan rings is 1. The number of nitrogens with one attached hydrogen (secondary N) is 2. The van der Waals surface area contributed by atoms with Crippen molar-refractivity contribution in [3.8, 4) is 0 Å². The van der Waals surface area contributed by atoms with Gasteiger partial charge < -0.3 is 20.2 Å². The molecule has 120 valence electrons. The molecule has 2 aromatic heterocycles. The van der Waals surface area contributed by atoms with Crippen molar-refractivity contribution in [1.82, 2.24) is 15.6 Å². The van der Waals surface area contributed by atoms with E-state index in [4.69, 9.17) is 4.42 Å². The largest absolute Gasteiger partial charge is 0.464 e. The fourth-order valence-corrected chi connectivity index (χ4v) is 1.82. The number of halogens is 1. The predicted molar refractivity (Wildman–Crippen MR) is 96.3 cm³/mol. The molecule has 0 spiro atoms. The molecule has 0 aliphatic rings. The van der Waals surface area contributed by atoms with Crippen LogP contribution in [0.2, 0.25) is 0 Å². The van der Waals surface area contributed by atoms with E-state index in [1.807, 2.05) is 31.2 Å². The van der Waals surface area contributed by atoms with Crippen LogP contribution < -0.4 is 10.6 Å². The number of guanidine groups is 1. The third-order valence-electron chi connectivity index (χ3n) is 2.94. The second kappa shape index (κ2) is 9.42. The summed E-state index contributed by atoms with van der Waals surface area (Å²) in [6.45, 7) is 2.72. The Hall–Kier alpha value is -1.61. The quantitative estimate of drug-likeness (QED) is 0.395. The van der Waals surface area contributed by atoms with Crippen LogP contribution >= 0.6 is 24.0 Å². The second-order valence-electron chi connectivity index (χ2n) is 4.59. The maximum absolute atomic E-state index is 10.0. The lowest BCUT2D eigenvalue weighted by Gasteiger charge is -2.14. The van der Waals surface area contributed by atoms with Gasteiger partial charge >= 0.3 is 0 Å². The normalized spacial score (nSPS) is 12.4. The Kier molecular flexibility index (Phi) is 7.89. The summed E-state index contributed by atoms with van der Waals surface area (Å²) in [6, 6.07) is 9.33. The molecule has 0 bridgehead atoms. The highest BCUT2D eigenvalue weighted by atomic mass is 127. The maximum Gasteiger partial charge on any atom is 0.191 e. The summed E-state index contributed by atoms with van der Waals surface area (Å²) in [4.78, 5) is 8.32. The van der Waals surface area contributed by atoms with Gasteiger partial charge in [-0.1, -0.05) is 6.07 Å². The van der Waals surface area contributed by atoms with Crippen LogP contribution in [0.25, 0.3) is 0 Å². The van der Waals surface area contributed by atoms with Gasteiger partial charge in [-0.25, -0.2) is 0 Å². The molecule has 0 fully saturated rings. The average molecular weight is 416 g/mol. The molecule has 0 aromatic carbocycles. The minimum atomic E-state index is -0.716. The standard InChI is InChI=1S/C15H20N4O2.HI/c1-11-6-7-14(21-11)13(20)10-19-15(16-2)18-9-12-5-3-4-8-17-12;/h3-8,13,20H,9-10H2,1-2H3,(H2,16,18,19);1H. The minimum absolute atomic E-state index is 0. The Labute approximate surface area is 147 Å². The van der Waals surface area contributed by atoms with Gasteiger partial charge in [0.1, 0.15) is 17.6 Å². The number of aliphatic hydroxyl groups excluding tert-OH is 1. The topological polar surface area (TPSA) is 82.7 Å². The number of hydrogen-bond donors (Lipinski definition) is 3. The first kappa shape index (κ1) is 18.4. The second-order valence-corrected chi connectivity index (χ2v) is 4.59. The summed E-state index contributed by atoms with van der Waals surface area (Å²) >= 11 is 0. The van der Waals surface area contributed by atoms with E-state index in [9.17, 15) is 5.11 Å². The highest BCUT2D eigenvalue weighted by Crippen LogP contribution is 2.14. The third-order valence-corrected chi connectivity index (χ3v) is 2.94. The first-order valence-electron chi connectivity index (χ1n) is 6.78. The van der Waals surface area contributed by atoms with E-state index in [1.54, 1.807) is 19.3 Å². The molecule has 0 amide bonds. The highest BCUT2D eigenvalue weighted by molar-refractivity contribution is 14.0. The third kappa shape index (κ3) is 5.64. The first-order chi connectivity index (χ1) is 10.2. The molecule has 2 heterocycles. The smallest absolute Gasteiger partial charge is 0.191 e. The van der Waals surface area contributed by atoms with E-state index in [0.717, 1.165) is 11.5 Å². The number of aliphatic imine (C=N–C) groups is 1. The molecule has 3 N–H and O–H groups in total.